The molecule has 0 saturated carbocycles. The van der Waals surface area contributed by atoms with Gasteiger partial charge >= 0.3 is 6.03 Å². The summed E-state index contributed by atoms with van der Waals surface area (Å²) in [5.74, 6) is 0.642. The van der Waals surface area contributed by atoms with Gasteiger partial charge in [-0.1, -0.05) is 30.3 Å². The number of carbonyl (C=O) groups is 1. The van der Waals surface area contributed by atoms with Crippen LogP contribution >= 0.6 is 0 Å². The SMILES string of the molecule is COCCOc1ccccc1NC(=O)NC1CCN(c2ccccc2)CC1. The number of urea groups is 1. The molecule has 0 unspecified atom stereocenters. The number of para-hydroxylation sites is 3. The molecule has 27 heavy (non-hydrogen) atoms. The Morgan fingerprint density at radius 2 is 1.74 bits per heavy atom. The van der Waals surface area contributed by atoms with Crippen molar-refractivity contribution in [3.63, 3.8) is 0 Å². The number of hydrogen-bond donors (Lipinski definition) is 2. The molecular formula is C21H27N3O3. The number of methoxy groups -OCH3 is 1. The minimum Gasteiger partial charge on any atom is -0.489 e. The molecule has 0 aliphatic carbocycles. The Morgan fingerprint density at radius 1 is 1.04 bits per heavy atom. The van der Waals surface area contributed by atoms with Gasteiger partial charge in [0.25, 0.3) is 0 Å². The third kappa shape index (κ3) is 5.62. The van der Waals surface area contributed by atoms with Crippen molar-refractivity contribution in [3.05, 3.63) is 54.6 Å². The summed E-state index contributed by atoms with van der Waals surface area (Å²) in [5.41, 5.74) is 1.90. The minimum atomic E-state index is -0.198. The molecule has 2 aromatic carbocycles. The quantitative estimate of drug-likeness (QED) is 0.733. The van der Waals surface area contributed by atoms with Crippen LogP contribution in [0.1, 0.15) is 12.8 Å². The minimum absolute atomic E-state index is 0.173. The van der Waals surface area contributed by atoms with Crippen LogP contribution in [0.2, 0.25) is 0 Å². The molecule has 1 saturated heterocycles. The van der Waals surface area contributed by atoms with Crippen LogP contribution in [0.15, 0.2) is 54.6 Å². The van der Waals surface area contributed by atoms with Gasteiger partial charge < -0.3 is 25.0 Å². The maximum atomic E-state index is 12.4. The molecule has 0 atom stereocenters. The van der Waals surface area contributed by atoms with Crippen LogP contribution < -0.4 is 20.3 Å². The lowest BCUT2D eigenvalue weighted by Crippen LogP contribution is -2.46. The van der Waals surface area contributed by atoms with E-state index < -0.39 is 0 Å². The average Bonchev–Trinajstić information content (AvgIpc) is 2.71. The predicted octanol–water partition coefficient (Wildman–Crippen LogP) is 3.50. The van der Waals surface area contributed by atoms with Crippen molar-refractivity contribution in [2.75, 3.05) is 43.6 Å². The number of benzene rings is 2. The van der Waals surface area contributed by atoms with Gasteiger partial charge in [0, 0.05) is 31.9 Å². The van der Waals surface area contributed by atoms with Crippen molar-refractivity contribution in [1.29, 1.82) is 0 Å². The molecule has 0 spiro atoms. The van der Waals surface area contributed by atoms with E-state index in [4.69, 9.17) is 9.47 Å². The summed E-state index contributed by atoms with van der Waals surface area (Å²) in [5, 5.41) is 5.98. The fourth-order valence-corrected chi connectivity index (χ4v) is 3.20. The molecule has 144 valence electrons. The zero-order valence-corrected chi connectivity index (χ0v) is 15.7. The van der Waals surface area contributed by atoms with Crippen LogP contribution in [-0.2, 0) is 4.74 Å². The molecule has 2 N–H and O–H groups in total. The molecule has 1 heterocycles. The predicted molar refractivity (Wildman–Crippen MR) is 108 cm³/mol. The van der Waals surface area contributed by atoms with Gasteiger partial charge in [-0.2, -0.15) is 0 Å². The Bertz CT molecular complexity index is 716. The number of nitrogens with one attached hydrogen (secondary N) is 2. The van der Waals surface area contributed by atoms with E-state index in [1.54, 1.807) is 7.11 Å². The summed E-state index contributed by atoms with van der Waals surface area (Å²) in [4.78, 5) is 14.8. The summed E-state index contributed by atoms with van der Waals surface area (Å²) in [6, 6.07) is 17.8. The molecule has 0 radical (unpaired) electrons. The van der Waals surface area contributed by atoms with Crippen molar-refractivity contribution in [1.82, 2.24) is 5.32 Å². The molecule has 1 aliphatic heterocycles. The van der Waals surface area contributed by atoms with E-state index in [9.17, 15) is 4.79 Å². The van der Waals surface area contributed by atoms with Gasteiger partial charge in [-0.15, -0.1) is 0 Å². The second-order valence-electron chi connectivity index (χ2n) is 6.53. The maximum Gasteiger partial charge on any atom is 0.319 e. The van der Waals surface area contributed by atoms with Crippen molar-refractivity contribution in [2.24, 2.45) is 0 Å². The summed E-state index contributed by atoms with van der Waals surface area (Å²) >= 11 is 0. The molecule has 3 rings (SSSR count). The summed E-state index contributed by atoms with van der Waals surface area (Å²) < 4.78 is 10.7. The van der Waals surface area contributed by atoms with Gasteiger partial charge in [0.05, 0.1) is 12.3 Å². The summed E-state index contributed by atoms with van der Waals surface area (Å²) in [7, 11) is 1.63. The number of rotatable bonds is 7. The number of piperidine rings is 1. The van der Waals surface area contributed by atoms with E-state index >= 15 is 0 Å². The van der Waals surface area contributed by atoms with Gasteiger partial charge in [-0.25, -0.2) is 4.79 Å². The lowest BCUT2D eigenvalue weighted by atomic mass is 10.0. The number of amides is 2. The van der Waals surface area contributed by atoms with Crippen LogP contribution in [0.4, 0.5) is 16.2 Å². The normalized spacial score (nSPS) is 14.6. The first-order chi connectivity index (χ1) is 13.3. The number of hydrogen-bond acceptors (Lipinski definition) is 4. The highest BCUT2D eigenvalue weighted by Crippen LogP contribution is 2.24. The van der Waals surface area contributed by atoms with E-state index in [2.05, 4.69) is 39.8 Å². The first kappa shape index (κ1) is 19.0. The van der Waals surface area contributed by atoms with Gasteiger partial charge in [0.2, 0.25) is 0 Å². The van der Waals surface area contributed by atoms with E-state index in [1.807, 2.05) is 30.3 Å². The number of nitrogens with zero attached hydrogens (tertiary/aromatic N) is 1. The maximum absolute atomic E-state index is 12.4. The van der Waals surface area contributed by atoms with E-state index in [-0.39, 0.29) is 12.1 Å². The summed E-state index contributed by atoms with van der Waals surface area (Å²) in [6.07, 6.45) is 1.85. The van der Waals surface area contributed by atoms with Gasteiger partial charge in [0.15, 0.2) is 0 Å². The third-order valence-corrected chi connectivity index (χ3v) is 4.63. The van der Waals surface area contributed by atoms with Crippen LogP contribution in [0.25, 0.3) is 0 Å². The molecule has 2 amide bonds. The van der Waals surface area contributed by atoms with Crippen LogP contribution in [-0.4, -0.2) is 45.5 Å². The van der Waals surface area contributed by atoms with Crippen molar-refractivity contribution < 1.29 is 14.3 Å². The first-order valence-corrected chi connectivity index (χ1v) is 9.34. The van der Waals surface area contributed by atoms with Crippen LogP contribution in [0.3, 0.4) is 0 Å². The third-order valence-electron chi connectivity index (χ3n) is 4.63. The molecule has 6 nitrogen and oxygen atoms in total. The molecule has 0 bridgehead atoms. The van der Waals surface area contributed by atoms with E-state index in [0.29, 0.717) is 24.7 Å². The standard InChI is InChI=1S/C21H27N3O3/c1-26-15-16-27-20-10-6-5-9-19(20)23-21(25)22-17-11-13-24(14-12-17)18-7-3-2-4-8-18/h2-10,17H,11-16H2,1H3,(H2,22,23,25). The lowest BCUT2D eigenvalue weighted by Gasteiger charge is -2.34. The first-order valence-electron chi connectivity index (χ1n) is 9.34. The van der Waals surface area contributed by atoms with Crippen molar-refractivity contribution in [2.45, 2.75) is 18.9 Å². The number of ether oxygens (including phenoxy) is 2. The number of carbonyl (C=O) groups excluding carboxylic acids is 1. The van der Waals surface area contributed by atoms with Gasteiger partial charge in [-0.05, 0) is 37.1 Å². The Morgan fingerprint density at radius 3 is 2.48 bits per heavy atom. The molecule has 6 heteroatoms. The second-order valence-corrected chi connectivity index (χ2v) is 6.53. The molecule has 1 aliphatic rings. The van der Waals surface area contributed by atoms with Gasteiger partial charge in [0.1, 0.15) is 12.4 Å². The van der Waals surface area contributed by atoms with Crippen LogP contribution in [0, 0.1) is 0 Å². The second kappa shape index (κ2) is 9.83. The molecule has 2 aromatic rings. The Kier molecular flexibility index (Phi) is 6.93. The van der Waals surface area contributed by atoms with Crippen molar-refractivity contribution >= 4 is 17.4 Å². The lowest BCUT2D eigenvalue weighted by molar-refractivity contribution is 0.146. The largest absolute Gasteiger partial charge is 0.489 e. The average molecular weight is 369 g/mol. The van der Waals surface area contributed by atoms with Gasteiger partial charge in [-0.3, -0.25) is 0 Å². The monoisotopic (exact) mass is 369 g/mol. The smallest absolute Gasteiger partial charge is 0.319 e. The zero-order chi connectivity index (χ0) is 18.9. The summed E-state index contributed by atoms with van der Waals surface area (Å²) in [6.45, 7) is 2.81. The highest BCUT2D eigenvalue weighted by atomic mass is 16.5. The fourth-order valence-electron chi connectivity index (χ4n) is 3.20. The molecular weight excluding hydrogens is 342 g/mol. The Hall–Kier alpha value is -2.73. The zero-order valence-electron chi connectivity index (χ0n) is 15.7. The molecule has 1 fully saturated rings. The van der Waals surface area contributed by atoms with Crippen molar-refractivity contribution in [3.8, 4) is 5.75 Å². The van der Waals surface area contributed by atoms with E-state index in [1.165, 1.54) is 5.69 Å². The number of anilines is 2. The Balaban J connectivity index is 1.48. The molecule has 0 aromatic heterocycles. The van der Waals surface area contributed by atoms with Crippen LogP contribution in [0.5, 0.6) is 5.75 Å². The topological polar surface area (TPSA) is 62.8 Å². The Labute approximate surface area is 160 Å². The highest BCUT2D eigenvalue weighted by molar-refractivity contribution is 5.91. The fraction of sp³-hybridized carbons (Fsp3) is 0.381. The highest BCUT2D eigenvalue weighted by Gasteiger charge is 2.21. The van der Waals surface area contributed by atoms with E-state index in [0.717, 1.165) is 25.9 Å².